The Labute approximate surface area is 145 Å². The van der Waals surface area contributed by atoms with Crippen molar-refractivity contribution in [2.75, 3.05) is 18.4 Å². The van der Waals surface area contributed by atoms with E-state index in [9.17, 15) is 0 Å². The van der Waals surface area contributed by atoms with E-state index in [0.717, 1.165) is 29.9 Å². The third-order valence-electron chi connectivity index (χ3n) is 3.85. The molecule has 1 rings (SSSR count). The largest absolute Gasteiger partial charge is 0.357 e. The van der Waals surface area contributed by atoms with Gasteiger partial charge in [-0.3, -0.25) is 0 Å². The first-order chi connectivity index (χ1) is 10.2. The maximum atomic E-state index is 6.29. The molecular weight excluding hydrogens is 314 g/mol. The zero-order valence-electron chi connectivity index (χ0n) is 14.5. The second-order valence-electron chi connectivity index (χ2n) is 6.45. The van der Waals surface area contributed by atoms with Crippen molar-refractivity contribution in [1.82, 2.24) is 5.32 Å². The summed E-state index contributed by atoms with van der Waals surface area (Å²) in [5.74, 6) is 0. The predicted octanol–water partition coefficient (Wildman–Crippen LogP) is 2.94. The normalized spacial score (nSPS) is 11.4. The molecule has 0 atom stereocenters. The van der Waals surface area contributed by atoms with E-state index >= 15 is 0 Å². The fraction of sp³-hybridized carbons (Fsp3) is 0.588. The van der Waals surface area contributed by atoms with Crippen LogP contribution in [-0.2, 0) is 0 Å². The topological polar surface area (TPSA) is 28.5 Å². The first-order valence-electron chi connectivity index (χ1n) is 7.89. The van der Waals surface area contributed by atoms with E-state index in [0.29, 0.717) is 22.2 Å². The van der Waals surface area contributed by atoms with Gasteiger partial charge in [-0.2, -0.15) is 0 Å². The highest BCUT2D eigenvalue weighted by Gasteiger charge is 2.16. The Hall–Kier alpha value is -0.840. The van der Waals surface area contributed by atoms with E-state index in [4.69, 9.17) is 23.8 Å². The van der Waals surface area contributed by atoms with Gasteiger partial charge in [-0.25, -0.2) is 0 Å². The van der Waals surface area contributed by atoms with E-state index in [1.807, 2.05) is 19.9 Å². The highest BCUT2D eigenvalue weighted by molar-refractivity contribution is 7.80. The van der Waals surface area contributed by atoms with Gasteiger partial charge in [0.2, 0.25) is 0 Å². The molecule has 3 N–H and O–H groups in total. The van der Waals surface area contributed by atoms with Crippen LogP contribution in [0.5, 0.6) is 0 Å². The van der Waals surface area contributed by atoms with Gasteiger partial charge in [0, 0.05) is 0 Å². The molecule has 0 aliphatic rings. The Morgan fingerprint density at radius 3 is 2.27 bits per heavy atom. The van der Waals surface area contributed by atoms with Crippen LogP contribution in [0.15, 0.2) is 12.1 Å². The van der Waals surface area contributed by atoms with Gasteiger partial charge in [-0.15, -0.1) is 0 Å². The number of aryl methyl sites for hydroxylation is 2. The van der Waals surface area contributed by atoms with Crippen molar-refractivity contribution in [3.05, 3.63) is 28.3 Å². The zero-order chi connectivity index (χ0) is 16.9. The molecule has 0 aliphatic carbocycles. The third kappa shape index (κ3) is 5.75. The molecule has 124 valence electrons. The number of anilines is 1. The van der Waals surface area contributed by atoms with E-state index in [1.54, 1.807) is 4.90 Å². The Kier molecular flexibility index (Phi) is 7.60. The maximum absolute atomic E-state index is 6.29. The number of quaternary nitrogens is 1. The third-order valence-corrected chi connectivity index (χ3v) is 4.40. The number of benzene rings is 1. The van der Waals surface area contributed by atoms with Crippen LogP contribution in [0.1, 0.15) is 38.8 Å². The van der Waals surface area contributed by atoms with Crippen molar-refractivity contribution in [3.63, 3.8) is 0 Å². The average Bonchev–Trinajstić information content (AvgIpc) is 2.37. The van der Waals surface area contributed by atoms with Gasteiger partial charge in [-0.05, 0) is 71.0 Å². The molecule has 0 saturated heterocycles. The lowest BCUT2D eigenvalue weighted by Crippen LogP contribution is -3.18. The van der Waals surface area contributed by atoms with Crippen molar-refractivity contribution in [2.45, 2.75) is 53.6 Å². The van der Waals surface area contributed by atoms with Crippen molar-refractivity contribution in [3.8, 4) is 0 Å². The summed E-state index contributed by atoms with van der Waals surface area (Å²) >= 11 is 11.7. The molecule has 0 radical (unpaired) electrons. The van der Waals surface area contributed by atoms with Crippen LogP contribution in [-0.4, -0.2) is 30.3 Å². The number of hydrogen-bond donors (Lipinski definition) is 3. The minimum atomic E-state index is 0.608. The molecule has 0 spiro atoms. The van der Waals surface area contributed by atoms with Crippen molar-refractivity contribution in [1.29, 1.82) is 0 Å². The lowest BCUT2D eigenvalue weighted by molar-refractivity contribution is -0.941. The van der Waals surface area contributed by atoms with E-state index in [-0.39, 0.29) is 0 Å². The maximum Gasteiger partial charge on any atom is 0.171 e. The Morgan fingerprint density at radius 2 is 1.77 bits per heavy atom. The molecule has 0 fully saturated rings. The predicted molar refractivity (Wildman–Crippen MR) is 101 cm³/mol. The lowest BCUT2D eigenvalue weighted by Gasteiger charge is -2.27. The SMILES string of the molecule is Cc1cc(C)c(NC(=S)NCC[NH+](C(C)C)C(C)C)c(Cl)c1. The van der Waals surface area contributed by atoms with Gasteiger partial charge in [-0.1, -0.05) is 17.7 Å². The number of nitrogens with one attached hydrogen (secondary N) is 3. The van der Waals surface area contributed by atoms with E-state index < -0.39 is 0 Å². The monoisotopic (exact) mass is 342 g/mol. The van der Waals surface area contributed by atoms with E-state index in [1.165, 1.54) is 0 Å². The van der Waals surface area contributed by atoms with Gasteiger partial charge in [0.15, 0.2) is 5.11 Å². The number of halogens is 1. The number of hydrogen-bond acceptors (Lipinski definition) is 1. The second-order valence-corrected chi connectivity index (χ2v) is 7.27. The molecule has 5 heteroatoms. The zero-order valence-corrected chi connectivity index (χ0v) is 16.1. The molecule has 0 aromatic heterocycles. The summed E-state index contributed by atoms with van der Waals surface area (Å²) < 4.78 is 0. The molecule has 1 aromatic rings. The van der Waals surface area contributed by atoms with Crippen molar-refractivity contribution < 1.29 is 4.90 Å². The molecule has 0 saturated carbocycles. The quantitative estimate of drug-likeness (QED) is 0.694. The summed E-state index contributed by atoms with van der Waals surface area (Å²) in [6.07, 6.45) is 0. The molecule has 3 nitrogen and oxygen atoms in total. The van der Waals surface area contributed by atoms with Gasteiger partial charge in [0.1, 0.15) is 0 Å². The summed E-state index contributed by atoms with van der Waals surface area (Å²) in [6, 6.07) is 5.26. The fourth-order valence-corrected chi connectivity index (χ4v) is 3.37. The van der Waals surface area contributed by atoms with Gasteiger partial charge >= 0.3 is 0 Å². The fourth-order valence-electron chi connectivity index (χ4n) is 2.80. The van der Waals surface area contributed by atoms with Gasteiger partial charge in [0.05, 0.1) is 35.9 Å². The number of thiocarbonyl (C=S) groups is 1. The molecule has 0 aliphatic heterocycles. The Morgan fingerprint density at radius 1 is 1.18 bits per heavy atom. The van der Waals surface area contributed by atoms with Crippen molar-refractivity contribution in [2.24, 2.45) is 0 Å². The highest BCUT2D eigenvalue weighted by atomic mass is 35.5. The summed E-state index contributed by atoms with van der Waals surface area (Å²) in [5, 5.41) is 7.83. The average molecular weight is 343 g/mol. The van der Waals surface area contributed by atoms with E-state index in [2.05, 4.69) is 44.4 Å². The molecule has 0 unspecified atom stereocenters. The highest BCUT2D eigenvalue weighted by Crippen LogP contribution is 2.27. The summed E-state index contributed by atoms with van der Waals surface area (Å²) in [7, 11) is 0. The Bertz CT molecular complexity index is 484. The van der Waals surface area contributed by atoms with Crippen LogP contribution in [0.3, 0.4) is 0 Å². The van der Waals surface area contributed by atoms with Crippen LogP contribution in [0.25, 0.3) is 0 Å². The molecule has 0 amide bonds. The van der Waals surface area contributed by atoms with Crippen molar-refractivity contribution >= 4 is 34.6 Å². The molecule has 0 heterocycles. The summed E-state index contributed by atoms with van der Waals surface area (Å²) in [4.78, 5) is 1.57. The lowest BCUT2D eigenvalue weighted by atomic mass is 10.1. The number of rotatable bonds is 6. The van der Waals surface area contributed by atoms with Gasteiger partial charge in [0.25, 0.3) is 0 Å². The first kappa shape index (κ1) is 19.2. The smallest absolute Gasteiger partial charge is 0.171 e. The molecule has 0 bridgehead atoms. The molecular formula is C17H29ClN3S+. The minimum absolute atomic E-state index is 0.608. The van der Waals surface area contributed by atoms with Crippen LogP contribution >= 0.6 is 23.8 Å². The summed E-state index contributed by atoms with van der Waals surface area (Å²) in [5.41, 5.74) is 3.15. The van der Waals surface area contributed by atoms with Crippen LogP contribution in [0.4, 0.5) is 5.69 Å². The van der Waals surface area contributed by atoms with Crippen LogP contribution in [0.2, 0.25) is 5.02 Å². The second kappa shape index (κ2) is 8.70. The molecule has 1 aromatic carbocycles. The first-order valence-corrected chi connectivity index (χ1v) is 8.68. The minimum Gasteiger partial charge on any atom is -0.357 e. The summed E-state index contributed by atoms with van der Waals surface area (Å²) in [6.45, 7) is 15.0. The molecule has 22 heavy (non-hydrogen) atoms. The Balaban J connectivity index is 2.54. The standard InChI is InChI=1S/C17H28ClN3S/c1-11(2)21(12(3)4)8-7-19-17(22)20-16-14(6)9-13(5)10-15(16)18/h9-12H,7-8H2,1-6H3,(H2,19,20,22)/p+1. The van der Waals surface area contributed by atoms with Crippen LogP contribution < -0.4 is 15.5 Å². The van der Waals surface area contributed by atoms with Crippen LogP contribution in [0, 0.1) is 13.8 Å². The van der Waals surface area contributed by atoms with Gasteiger partial charge < -0.3 is 15.5 Å².